The van der Waals surface area contributed by atoms with E-state index in [1.165, 1.54) is 6.42 Å². The molecule has 22 heavy (non-hydrogen) atoms. The molecule has 2 rings (SSSR count). The van der Waals surface area contributed by atoms with E-state index in [1.807, 2.05) is 0 Å². The zero-order valence-corrected chi connectivity index (χ0v) is 14.4. The predicted molar refractivity (Wildman–Crippen MR) is 86.7 cm³/mol. The van der Waals surface area contributed by atoms with E-state index in [0.29, 0.717) is 12.2 Å². The average Bonchev–Trinajstić information content (AvgIpc) is 2.53. The van der Waals surface area contributed by atoms with Gasteiger partial charge in [0.1, 0.15) is 0 Å². The Kier molecular flexibility index (Phi) is 6.42. The third-order valence-corrected chi connectivity index (χ3v) is 5.16. The number of ether oxygens (including phenoxy) is 1. The van der Waals surface area contributed by atoms with Crippen LogP contribution in [0, 0.1) is 11.6 Å². The van der Waals surface area contributed by atoms with Gasteiger partial charge in [-0.2, -0.15) is 4.39 Å². The smallest absolute Gasteiger partial charge is 0.200 e. The molecule has 1 saturated carbocycles. The minimum atomic E-state index is -0.829. The molecule has 1 aromatic carbocycles. The summed E-state index contributed by atoms with van der Waals surface area (Å²) in [6.07, 6.45) is 8.35. The van der Waals surface area contributed by atoms with Crippen molar-refractivity contribution in [3.05, 3.63) is 29.3 Å². The topological polar surface area (TPSA) is 9.23 Å². The minimum absolute atomic E-state index is 0.0230. The van der Waals surface area contributed by atoms with E-state index in [-0.39, 0.29) is 11.2 Å². The summed E-state index contributed by atoms with van der Waals surface area (Å²) < 4.78 is 34.1. The van der Waals surface area contributed by atoms with Crippen LogP contribution in [-0.4, -0.2) is 16.8 Å². The summed E-state index contributed by atoms with van der Waals surface area (Å²) in [5.41, 5.74) is 0.358. The summed E-state index contributed by atoms with van der Waals surface area (Å²) in [6.45, 7) is 2.11. The van der Waals surface area contributed by atoms with Crippen molar-refractivity contribution in [3.8, 4) is 5.75 Å². The average molecular weight is 323 g/mol. The van der Waals surface area contributed by atoms with Gasteiger partial charge in [0.05, 0.1) is 6.61 Å². The van der Waals surface area contributed by atoms with Gasteiger partial charge >= 0.3 is 0 Å². The molecule has 0 spiro atoms. The van der Waals surface area contributed by atoms with Crippen molar-refractivity contribution in [2.75, 3.05) is 6.61 Å². The molecule has 1 aromatic rings. The highest BCUT2D eigenvalue weighted by Crippen LogP contribution is 2.45. The van der Waals surface area contributed by atoms with E-state index in [2.05, 4.69) is 10.2 Å². The van der Waals surface area contributed by atoms with Crippen molar-refractivity contribution in [3.63, 3.8) is 0 Å². The van der Waals surface area contributed by atoms with Crippen molar-refractivity contribution >= 4 is 10.2 Å². The number of rotatable bonds is 7. The summed E-state index contributed by atoms with van der Waals surface area (Å²) >= 11 is 0. The van der Waals surface area contributed by atoms with Crippen molar-refractivity contribution in [2.45, 2.75) is 69.7 Å². The highest BCUT2D eigenvalue weighted by Gasteiger charge is 2.36. The SMILES string of the molecule is CCOc1ccc(C2(CCCC[Si])CCCCC2)c(F)c1F. The maximum atomic E-state index is 14.7. The number of benzene rings is 1. The Morgan fingerprint density at radius 2 is 1.82 bits per heavy atom. The number of hydrogen-bond donors (Lipinski definition) is 0. The first-order valence-electron chi connectivity index (χ1n) is 8.40. The second-order valence-corrected chi connectivity index (χ2v) is 6.72. The molecule has 1 nitrogen and oxygen atoms in total. The lowest BCUT2D eigenvalue weighted by Crippen LogP contribution is -2.30. The summed E-state index contributed by atoms with van der Waals surface area (Å²) in [5, 5.41) is 0. The third kappa shape index (κ3) is 3.70. The molecule has 0 bridgehead atoms. The molecule has 0 N–H and O–H groups in total. The molecule has 121 valence electrons. The van der Waals surface area contributed by atoms with Gasteiger partial charge in [-0.05, 0) is 43.2 Å². The summed E-state index contributed by atoms with van der Waals surface area (Å²) in [7, 11) is 3.50. The van der Waals surface area contributed by atoms with Crippen LogP contribution in [0.4, 0.5) is 8.78 Å². The standard InChI is InChI=1S/C18H25F2OSi/c1-2-21-15-9-8-14(16(19)17(15)20)18(12-6-7-13-22)10-4-3-5-11-18/h8-9H,2-7,10-13H2,1H3. The fraction of sp³-hybridized carbons (Fsp3) is 0.667. The van der Waals surface area contributed by atoms with Crippen LogP contribution in [0.3, 0.4) is 0 Å². The molecule has 0 saturated heterocycles. The second-order valence-electron chi connectivity index (χ2n) is 6.22. The number of unbranched alkanes of at least 4 members (excludes halogenated alkanes) is 1. The predicted octanol–water partition coefficient (Wildman–Crippen LogP) is 5.32. The van der Waals surface area contributed by atoms with Crippen LogP contribution in [0.1, 0.15) is 63.9 Å². The lowest BCUT2D eigenvalue weighted by molar-refractivity contribution is 0.253. The maximum absolute atomic E-state index is 14.7. The summed E-state index contributed by atoms with van der Waals surface area (Å²) in [6, 6.07) is 4.30. The molecular formula is C18H25F2OSi. The van der Waals surface area contributed by atoms with E-state index >= 15 is 0 Å². The largest absolute Gasteiger partial charge is 0.491 e. The molecule has 0 aliphatic heterocycles. The molecule has 0 heterocycles. The molecular weight excluding hydrogens is 298 g/mol. The zero-order chi connectivity index (χ0) is 16.0. The fourth-order valence-corrected chi connectivity index (χ4v) is 3.93. The van der Waals surface area contributed by atoms with Gasteiger partial charge in [-0.3, -0.25) is 0 Å². The highest BCUT2D eigenvalue weighted by molar-refractivity contribution is 6.08. The van der Waals surface area contributed by atoms with E-state index in [4.69, 9.17) is 4.74 Å². The Bertz CT molecular complexity index is 484. The lowest BCUT2D eigenvalue weighted by atomic mass is 9.66. The Balaban J connectivity index is 2.32. The van der Waals surface area contributed by atoms with Crippen molar-refractivity contribution < 1.29 is 13.5 Å². The van der Waals surface area contributed by atoms with Crippen LogP contribution in [0.15, 0.2) is 12.1 Å². The van der Waals surface area contributed by atoms with Crippen LogP contribution in [0.2, 0.25) is 6.04 Å². The fourth-order valence-electron chi connectivity index (χ4n) is 3.68. The van der Waals surface area contributed by atoms with E-state index < -0.39 is 11.6 Å². The monoisotopic (exact) mass is 323 g/mol. The molecule has 0 aromatic heterocycles. The van der Waals surface area contributed by atoms with E-state index in [0.717, 1.165) is 51.0 Å². The maximum Gasteiger partial charge on any atom is 0.200 e. The first-order chi connectivity index (χ1) is 10.6. The Hall–Kier alpha value is -0.903. The minimum Gasteiger partial charge on any atom is -0.491 e. The van der Waals surface area contributed by atoms with E-state index in [9.17, 15) is 8.78 Å². The number of halogens is 2. The Morgan fingerprint density at radius 3 is 2.45 bits per heavy atom. The van der Waals surface area contributed by atoms with Gasteiger partial charge in [-0.25, -0.2) is 4.39 Å². The number of hydrogen-bond acceptors (Lipinski definition) is 1. The van der Waals surface area contributed by atoms with Gasteiger partial charge in [0.2, 0.25) is 5.82 Å². The lowest BCUT2D eigenvalue weighted by Gasteiger charge is -2.38. The van der Waals surface area contributed by atoms with Crippen molar-refractivity contribution in [1.82, 2.24) is 0 Å². The molecule has 1 fully saturated rings. The zero-order valence-electron chi connectivity index (χ0n) is 13.4. The quantitative estimate of drug-likeness (QED) is 0.487. The Morgan fingerprint density at radius 1 is 1.09 bits per heavy atom. The summed E-state index contributed by atoms with van der Waals surface area (Å²) in [5.74, 6) is -1.51. The van der Waals surface area contributed by atoms with Crippen LogP contribution in [-0.2, 0) is 5.41 Å². The highest BCUT2D eigenvalue weighted by atomic mass is 28.1. The molecule has 1 aliphatic carbocycles. The summed E-state index contributed by atoms with van der Waals surface area (Å²) in [4.78, 5) is 0. The second kappa shape index (κ2) is 8.09. The van der Waals surface area contributed by atoms with Crippen LogP contribution in [0.5, 0.6) is 5.75 Å². The van der Waals surface area contributed by atoms with Gasteiger partial charge < -0.3 is 4.74 Å². The molecule has 0 unspecified atom stereocenters. The first kappa shape index (κ1) is 17.5. The molecule has 4 heteroatoms. The van der Waals surface area contributed by atoms with Gasteiger partial charge in [-0.15, -0.1) is 0 Å². The van der Waals surface area contributed by atoms with E-state index in [1.54, 1.807) is 19.1 Å². The normalized spacial score (nSPS) is 17.5. The third-order valence-electron chi connectivity index (χ3n) is 4.81. The molecule has 1 aliphatic rings. The van der Waals surface area contributed by atoms with Crippen LogP contribution >= 0.6 is 0 Å². The van der Waals surface area contributed by atoms with Crippen LogP contribution < -0.4 is 4.74 Å². The van der Waals surface area contributed by atoms with Crippen molar-refractivity contribution in [2.24, 2.45) is 0 Å². The Labute approximate surface area is 135 Å². The first-order valence-corrected chi connectivity index (χ1v) is 9.11. The van der Waals surface area contributed by atoms with Crippen LogP contribution in [0.25, 0.3) is 0 Å². The molecule has 0 atom stereocenters. The van der Waals surface area contributed by atoms with Gasteiger partial charge in [0.25, 0.3) is 0 Å². The molecule has 3 radical (unpaired) electrons. The molecule has 0 amide bonds. The van der Waals surface area contributed by atoms with Crippen molar-refractivity contribution in [1.29, 1.82) is 0 Å². The van der Waals surface area contributed by atoms with Gasteiger partial charge in [-0.1, -0.05) is 44.2 Å². The van der Waals surface area contributed by atoms with Gasteiger partial charge in [0, 0.05) is 10.2 Å². The van der Waals surface area contributed by atoms with Gasteiger partial charge in [0.15, 0.2) is 11.6 Å².